The van der Waals surface area contributed by atoms with Gasteiger partial charge in [0.25, 0.3) is 0 Å². The number of aryl methyl sites for hydroxylation is 1. The summed E-state index contributed by atoms with van der Waals surface area (Å²) >= 11 is 0. The molecule has 0 aliphatic rings. The van der Waals surface area contributed by atoms with Crippen LogP contribution in [0.15, 0.2) is 12.3 Å². The highest BCUT2D eigenvalue weighted by atomic mass is 15.0. The first-order valence-electron chi connectivity index (χ1n) is 4.79. The highest BCUT2D eigenvalue weighted by molar-refractivity contribution is 5.20. The van der Waals surface area contributed by atoms with Crippen molar-refractivity contribution in [2.75, 3.05) is 0 Å². The van der Waals surface area contributed by atoms with Gasteiger partial charge in [-0.05, 0) is 30.9 Å². The molecule has 68 valence electrons. The molecule has 0 bridgehead atoms. The summed E-state index contributed by atoms with van der Waals surface area (Å²) in [5.74, 6) is 0.738. The molecule has 1 nitrogen and oxygen atoms in total. The Bertz CT molecular complexity index is 246. The van der Waals surface area contributed by atoms with Gasteiger partial charge in [-0.2, -0.15) is 0 Å². The van der Waals surface area contributed by atoms with E-state index in [1.165, 1.54) is 11.3 Å². The van der Waals surface area contributed by atoms with Crippen LogP contribution in [-0.4, -0.2) is 4.57 Å². The second-order valence-electron chi connectivity index (χ2n) is 3.85. The zero-order chi connectivity index (χ0) is 9.14. The Labute approximate surface area is 75.4 Å². The Hall–Kier alpha value is -0.720. The minimum Gasteiger partial charge on any atom is -0.351 e. The quantitative estimate of drug-likeness (QED) is 0.649. The van der Waals surface area contributed by atoms with Crippen molar-refractivity contribution in [1.29, 1.82) is 0 Å². The Kier molecular flexibility index (Phi) is 2.96. The molecule has 0 unspecified atom stereocenters. The molecule has 0 radical (unpaired) electrons. The SMILES string of the molecule is CCc1c(C)ccn1CC(C)C. The molecular weight excluding hydrogens is 146 g/mol. The van der Waals surface area contributed by atoms with Gasteiger partial charge in [-0.3, -0.25) is 0 Å². The van der Waals surface area contributed by atoms with Crippen molar-refractivity contribution in [2.45, 2.75) is 40.7 Å². The molecule has 0 saturated carbocycles. The van der Waals surface area contributed by atoms with Crippen LogP contribution in [0.1, 0.15) is 32.0 Å². The van der Waals surface area contributed by atoms with E-state index in [0.717, 1.165) is 18.9 Å². The van der Waals surface area contributed by atoms with Crippen LogP contribution >= 0.6 is 0 Å². The van der Waals surface area contributed by atoms with Crippen molar-refractivity contribution in [3.63, 3.8) is 0 Å². The Morgan fingerprint density at radius 3 is 2.58 bits per heavy atom. The number of nitrogens with zero attached hydrogens (tertiary/aromatic N) is 1. The van der Waals surface area contributed by atoms with E-state index in [-0.39, 0.29) is 0 Å². The molecule has 0 saturated heterocycles. The number of aromatic nitrogens is 1. The third kappa shape index (κ3) is 1.90. The fourth-order valence-corrected chi connectivity index (χ4v) is 1.66. The van der Waals surface area contributed by atoms with E-state index in [0.29, 0.717) is 0 Å². The third-order valence-electron chi connectivity index (χ3n) is 2.20. The van der Waals surface area contributed by atoms with E-state index < -0.39 is 0 Å². The van der Waals surface area contributed by atoms with Gasteiger partial charge in [-0.1, -0.05) is 20.8 Å². The second-order valence-corrected chi connectivity index (χ2v) is 3.85. The van der Waals surface area contributed by atoms with Gasteiger partial charge in [0.1, 0.15) is 0 Å². The summed E-state index contributed by atoms with van der Waals surface area (Å²) in [6.45, 7) is 10.1. The lowest BCUT2D eigenvalue weighted by atomic mass is 10.2. The van der Waals surface area contributed by atoms with Crippen LogP contribution in [0.25, 0.3) is 0 Å². The molecule has 0 spiro atoms. The van der Waals surface area contributed by atoms with Crippen LogP contribution < -0.4 is 0 Å². The first-order valence-corrected chi connectivity index (χ1v) is 4.79. The van der Waals surface area contributed by atoms with Crippen LogP contribution in [0.3, 0.4) is 0 Å². The molecule has 0 aliphatic heterocycles. The van der Waals surface area contributed by atoms with Crippen LogP contribution in [0.2, 0.25) is 0 Å². The Morgan fingerprint density at radius 1 is 1.42 bits per heavy atom. The van der Waals surface area contributed by atoms with Gasteiger partial charge in [-0.15, -0.1) is 0 Å². The van der Waals surface area contributed by atoms with Gasteiger partial charge in [0, 0.05) is 18.4 Å². The van der Waals surface area contributed by atoms with Gasteiger partial charge in [0.05, 0.1) is 0 Å². The second kappa shape index (κ2) is 3.79. The maximum absolute atomic E-state index is 2.38. The van der Waals surface area contributed by atoms with E-state index in [1.54, 1.807) is 0 Å². The third-order valence-corrected chi connectivity index (χ3v) is 2.20. The topological polar surface area (TPSA) is 4.93 Å². The molecular formula is C11H19N. The van der Waals surface area contributed by atoms with Gasteiger partial charge in [0.15, 0.2) is 0 Å². The minimum absolute atomic E-state index is 0.738. The number of rotatable bonds is 3. The van der Waals surface area contributed by atoms with E-state index in [2.05, 4.69) is 44.5 Å². The van der Waals surface area contributed by atoms with Gasteiger partial charge < -0.3 is 4.57 Å². The molecule has 0 atom stereocenters. The van der Waals surface area contributed by atoms with Crippen LogP contribution in [0.4, 0.5) is 0 Å². The van der Waals surface area contributed by atoms with Crippen LogP contribution in [0, 0.1) is 12.8 Å². The van der Waals surface area contributed by atoms with Crippen molar-refractivity contribution in [2.24, 2.45) is 5.92 Å². The fraction of sp³-hybridized carbons (Fsp3) is 0.636. The summed E-state index contributed by atoms with van der Waals surface area (Å²) in [4.78, 5) is 0. The molecule has 0 aromatic carbocycles. The summed E-state index contributed by atoms with van der Waals surface area (Å²) in [7, 11) is 0. The summed E-state index contributed by atoms with van der Waals surface area (Å²) in [5.41, 5.74) is 2.92. The van der Waals surface area contributed by atoms with Crippen molar-refractivity contribution in [3.8, 4) is 0 Å². The Balaban J connectivity index is 2.84. The van der Waals surface area contributed by atoms with Gasteiger partial charge in [0.2, 0.25) is 0 Å². The predicted octanol–water partition coefficient (Wildman–Crippen LogP) is 3.01. The Morgan fingerprint density at radius 2 is 2.08 bits per heavy atom. The average Bonchev–Trinajstić information content (AvgIpc) is 2.30. The average molecular weight is 165 g/mol. The van der Waals surface area contributed by atoms with Crippen molar-refractivity contribution in [1.82, 2.24) is 4.57 Å². The molecule has 0 N–H and O–H groups in total. The standard InChI is InChI=1S/C11H19N/c1-5-11-10(4)6-7-12(11)8-9(2)3/h6-7,9H,5,8H2,1-4H3. The molecule has 0 aliphatic carbocycles. The maximum atomic E-state index is 2.38. The molecule has 1 heteroatoms. The van der Waals surface area contributed by atoms with Crippen molar-refractivity contribution >= 4 is 0 Å². The monoisotopic (exact) mass is 165 g/mol. The van der Waals surface area contributed by atoms with E-state index in [4.69, 9.17) is 0 Å². The van der Waals surface area contributed by atoms with Crippen LogP contribution in [-0.2, 0) is 13.0 Å². The molecule has 0 fully saturated rings. The largest absolute Gasteiger partial charge is 0.351 e. The van der Waals surface area contributed by atoms with E-state index >= 15 is 0 Å². The molecule has 1 aromatic heterocycles. The first-order chi connectivity index (χ1) is 5.65. The maximum Gasteiger partial charge on any atom is 0.0245 e. The molecule has 12 heavy (non-hydrogen) atoms. The molecule has 1 aromatic rings. The van der Waals surface area contributed by atoms with E-state index in [1.807, 2.05) is 0 Å². The lowest BCUT2D eigenvalue weighted by molar-refractivity contribution is 0.512. The van der Waals surface area contributed by atoms with Crippen molar-refractivity contribution < 1.29 is 0 Å². The summed E-state index contributed by atoms with van der Waals surface area (Å²) in [6.07, 6.45) is 3.35. The van der Waals surface area contributed by atoms with E-state index in [9.17, 15) is 0 Å². The zero-order valence-electron chi connectivity index (χ0n) is 8.59. The first kappa shape index (κ1) is 9.37. The molecule has 0 amide bonds. The highest BCUT2D eigenvalue weighted by Gasteiger charge is 2.04. The smallest absolute Gasteiger partial charge is 0.0245 e. The lowest BCUT2D eigenvalue weighted by Gasteiger charge is -2.10. The summed E-state index contributed by atoms with van der Waals surface area (Å²) < 4.78 is 2.38. The zero-order valence-corrected chi connectivity index (χ0v) is 8.59. The van der Waals surface area contributed by atoms with Gasteiger partial charge in [-0.25, -0.2) is 0 Å². The lowest BCUT2D eigenvalue weighted by Crippen LogP contribution is -2.06. The fourth-order valence-electron chi connectivity index (χ4n) is 1.66. The summed E-state index contributed by atoms with van der Waals surface area (Å²) in [5, 5.41) is 0. The predicted molar refractivity (Wildman–Crippen MR) is 53.4 cm³/mol. The number of hydrogen-bond donors (Lipinski definition) is 0. The normalized spacial score (nSPS) is 11.1. The van der Waals surface area contributed by atoms with Gasteiger partial charge >= 0.3 is 0 Å². The van der Waals surface area contributed by atoms with Crippen molar-refractivity contribution in [3.05, 3.63) is 23.5 Å². The minimum atomic E-state index is 0.738. The number of hydrogen-bond acceptors (Lipinski definition) is 0. The molecule has 1 heterocycles. The van der Waals surface area contributed by atoms with Crippen LogP contribution in [0.5, 0.6) is 0 Å². The summed E-state index contributed by atoms with van der Waals surface area (Å²) in [6, 6.07) is 2.21. The molecule has 1 rings (SSSR count). The highest BCUT2D eigenvalue weighted by Crippen LogP contribution is 2.12.